The van der Waals surface area contributed by atoms with Crippen molar-refractivity contribution in [2.24, 2.45) is 0 Å². The quantitative estimate of drug-likeness (QED) is 0.508. The first-order valence-electron chi connectivity index (χ1n) is 11.3. The Balaban J connectivity index is 1.39. The molecule has 1 aliphatic rings. The summed E-state index contributed by atoms with van der Waals surface area (Å²) < 4.78 is 10.4. The molecular formula is C24H28ClN5O4. The molecule has 10 heteroatoms. The third-order valence-corrected chi connectivity index (χ3v) is 6.24. The largest absolute Gasteiger partial charge is 0.465 e. The topological polar surface area (TPSA) is 105 Å². The number of carbonyl (C=O) groups excluding carboxylic acids is 2. The predicted octanol–water partition coefficient (Wildman–Crippen LogP) is 3.72. The SMILES string of the molecule is CCCc1c(C(=O)N2CCN(Cc3nc(-c4ccc(Cl)cc4)no3)CC2)[nH]c(C)c1C(=O)OC. The highest BCUT2D eigenvalue weighted by Gasteiger charge is 2.29. The van der Waals surface area contributed by atoms with E-state index in [0.717, 1.165) is 17.5 Å². The van der Waals surface area contributed by atoms with Crippen molar-refractivity contribution in [2.45, 2.75) is 33.2 Å². The lowest BCUT2D eigenvalue weighted by Crippen LogP contribution is -2.48. The van der Waals surface area contributed by atoms with E-state index < -0.39 is 5.97 Å². The van der Waals surface area contributed by atoms with Crippen LogP contribution in [0.1, 0.15) is 51.3 Å². The van der Waals surface area contributed by atoms with E-state index in [1.807, 2.05) is 24.0 Å². The van der Waals surface area contributed by atoms with E-state index in [0.29, 0.717) is 72.8 Å². The first-order valence-corrected chi connectivity index (χ1v) is 11.7. The zero-order valence-electron chi connectivity index (χ0n) is 19.6. The number of ether oxygens (including phenoxy) is 1. The standard InChI is InChI=1S/C24H28ClN5O4/c1-4-5-18-20(24(32)33-3)15(2)26-21(18)23(31)30-12-10-29(11-13-30)14-19-27-22(28-34-19)16-6-8-17(25)9-7-16/h6-9,26H,4-5,10-14H2,1-3H3. The van der Waals surface area contributed by atoms with E-state index in [-0.39, 0.29) is 5.91 Å². The minimum absolute atomic E-state index is 0.0934. The van der Waals surface area contributed by atoms with Crippen LogP contribution in [0.4, 0.5) is 0 Å². The van der Waals surface area contributed by atoms with Crippen LogP contribution in [0.25, 0.3) is 11.4 Å². The highest BCUT2D eigenvalue weighted by molar-refractivity contribution is 6.30. The molecule has 1 amide bonds. The van der Waals surface area contributed by atoms with E-state index in [1.54, 1.807) is 19.1 Å². The van der Waals surface area contributed by atoms with Gasteiger partial charge in [0, 0.05) is 42.5 Å². The second-order valence-electron chi connectivity index (χ2n) is 8.31. The molecule has 0 spiro atoms. The van der Waals surface area contributed by atoms with Gasteiger partial charge in [-0.1, -0.05) is 30.1 Å². The first kappa shape index (κ1) is 24.0. The Bertz CT molecular complexity index is 1160. The number of aryl methyl sites for hydroxylation is 1. The summed E-state index contributed by atoms with van der Waals surface area (Å²) in [5.74, 6) is 0.535. The molecule has 0 aliphatic carbocycles. The van der Waals surface area contributed by atoms with E-state index >= 15 is 0 Å². The van der Waals surface area contributed by atoms with Crippen LogP contribution in [0, 0.1) is 6.92 Å². The van der Waals surface area contributed by atoms with Crippen molar-refractivity contribution in [1.82, 2.24) is 24.9 Å². The lowest BCUT2D eigenvalue weighted by atomic mass is 10.0. The number of amides is 1. The average Bonchev–Trinajstić information content (AvgIpc) is 3.43. The molecule has 1 aromatic carbocycles. The highest BCUT2D eigenvalue weighted by Crippen LogP contribution is 2.24. The van der Waals surface area contributed by atoms with Crippen LogP contribution in [0.2, 0.25) is 5.02 Å². The normalized spacial score (nSPS) is 14.4. The van der Waals surface area contributed by atoms with Gasteiger partial charge in [0.1, 0.15) is 5.69 Å². The van der Waals surface area contributed by atoms with Gasteiger partial charge in [-0.3, -0.25) is 9.69 Å². The van der Waals surface area contributed by atoms with Gasteiger partial charge >= 0.3 is 5.97 Å². The van der Waals surface area contributed by atoms with Crippen LogP contribution in [-0.4, -0.2) is 70.1 Å². The van der Waals surface area contributed by atoms with Gasteiger partial charge in [0.05, 0.1) is 19.2 Å². The second kappa shape index (κ2) is 10.4. The molecule has 4 rings (SSSR count). The minimum atomic E-state index is -0.418. The Morgan fingerprint density at radius 1 is 1.18 bits per heavy atom. The number of carbonyl (C=O) groups is 2. The molecule has 0 saturated carbocycles. The maximum Gasteiger partial charge on any atom is 0.339 e. The average molecular weight is 486 g/mol. The van der Waals surface area contributed by atoms with Crippen molar-refractivity contribution in [3.05, 3.63) is 57.7 Å². The van der Waals surface area contributed by atoms with E-state index in [9.17, 15) is 9.59 Å². The van der Waals surface area contributed by atoms with Crippen LogP contribution in [0.3, 0.4) is 0 Å². The van der Waals surface area contributed by atoms with E-state index in [1.165, 1.54) is 7.11 Å². The third kappa shape index (κ3) is 5.00. The Labute approximate surface area is 203 Å². The second-order valence-corrected chi connectivity index (χ2v) is 8.74. The molecule has 3 heterocycles. The number of hydrogen-bond donors (Lipinski definition) is 1. The molecule has 1 aliphatic heterocycles. The van der Waals surface area contributed by atoms with Crippen LogP contribution >= 0.6 is 11.6 Å². The summed E-state index contributed by atoms with van der Waals surface area (Å²) in [6.45, 7) is 6.81. The first-order chi connectivity index (χ1) is 16.4. The summed E-state index contributed by atoms with van der Waals surface area (Å²) in [5, 5.41) is 4.71. The number of rotatable bonds is 7. The number of piperazine rings is 1. The molecule has 1 fully saturated rings. The van der Waals surface area contributed by atoms with Crippen molar-refractivity contribution in [3.63, 3.8) is 0 Å². The van der Waals surface area contributed by atoms with Crippen molar-refractivity contribution in [2.75, 3.05) is 33.3 Å². The van der Waals surface area contributed by atoms with Crippen molar-refractivity contribution < 1.29 is 18.8 Å². The van der Waals surface area contributed by atoms with Crippen molar-refractivity contribution >= 4 is 23.5 Å². The molecule has 0 bridgehead atoms. The summed E-state index contributed by atoms with van der Waals surface area (Å²) in [6, 6.07) is 7.27. The summed E-state index contributed by atoms with van der Waals surface area (Å²) in [5.41, 5.74) is 3.19. The Kier molecular flexibility index (Phi) is 7.33. The number of aromatic nitrogens is 3. The Morgan fingerprint density at radius 3 is 2.53 bits per heavy atom. The van der Waals surface area contributed by atoms with Gasteiger partial charge in [-0.25, -0.2) is 4.79 Å². The number of nitrogens with zero attached hydrogens (tertiary/aromatic N) is 4. The summed E-state index contributed by atoms with van der Waals surface area (Å²) in [4.78, 5) is 37.2. The van der Waals surface area contributed by atoms with Gasteiger partial charge in [-0.2, -0.15) is 4.98 Å². The molecule has 0 unspecified atom stereocenters. The molecule has 0 atom stereocenters. The maximum absolute atomic E-state index is 13.3. The van der Waals surface area contributed by atoms with E-state index in [4.69, 9.17) is 20.9 Å². The number of H-pyrrole nitrogens is 1. The van der Waals surface area contributed by atoms with Gasteiger partial charge in [0.2, 0.25) is 11.7 Å². The number of aromatic amines is 1. The number of nitrogens with one attached hydrogen (secondary N) is 1. The van der Waals surface area contributed by atoms with Crippen LogP contribution < -0.4 is 0 Å². The fourth-order valence-corrected chi connectivity index (χ4v) is 4.36. The Hall–Kier alpha value is -3.17. The fourth-order valence-electron chi connectivity index (χ4n) is 4.23. The van der Waals surface area contributed by atoms with E-state index in [2.05, 4.69) is 20.0 Å². The highest BCUT2D eigenvalue weighted by atomic mass is 35.5. The molecule has 180 valence electrons. The molecule has 1 N–H and O–H groups in total. The van der Waals surface area contributed by atoms with Crippen molar-refractivity contribution in [3.8, 4) is 11.4 Å². The monoisotopic (exact) mass is 485 g/mol. The number of halogens is 1. The van der Waals surface area contributed by atoms with Gasteiger partial charge in [-0.05, 0) is 43.2 Å². The lowest BCUT2D eigenvalue weighted by molar-refractivity contribution is 0.0598. The smallest absolute Gasteiger partial charge is 0.339 e. The van der Waals surface area contributed by atoms with Crippen LogP contribution in [0.15, 0.2) is 28.8 Å². The number of esters is 1. The molecule has 2 aromatic heterocycles. The zero-order valence-corrected chi connectivity index (χ0v) is 20.3. The summed E-state index contributed by atoms with van der Waals surface area (Å²) >= 11 is 5.94. The number of benzene rings is 1. The molecule has 34 heavy (non-hydrogen) atoms. The van der Waals surface area contributed by atoms with Gasteiger partial charge in [-0.15, -0.1) is 0 Å². The van der Waals surface area contributed by atoms with Crippen LogP contribution in [0.5, 0.6) is 0 Å². The summed E-state index contributed by atoms with van der Waals surface area (Å²) in [7, 11) is 1.35. The number of methoxy groups -OCH3 is 1. The fraction of sp³-hybridized carbons (Fsp3) is 0.417. The van der Waals surface area contributed by atoms with Gasteiger partial charge in [0.15, 0.2) is 0 Å². The summed E-state index contributed by atoms with van der Waals surface area (Å²) in [6.07, 6.45) is 1.44. The van der Waals surface area contributed by atoms with Crippen LogP contribution in [-0.2, 0) is 17.7 Å². The molecule has 1 saturated heterocycles. The molecule has 3 aromatic rings. The molecule has 9 nitrogen and oxygen atoms in total. The minimum Gasteiger partial charge on any atom is -0.465 e. The predicted molar refractivity (Wildman–Crippen MR) is 127 cm³/mol. The maximum atomic E-state index is 13.3. The van der Waals surface area contributed by atoms with Gasteiger partial charge in [0.25, 0.3) is 5.91 Å². The Morgan fingerprint density at radius 2 is 1.88 bits per heavy atom. The third-order valence-electron chi connectivity index (χ3n) is 5.98. The van der Waals surface area contributed by atoms with Crippen molar-refractivity contribution in [1.29, 1.82) is 0 Å². The zero-order chi connectivity index (χ0) is 24.2. The lowest BCUT2D eigenvalue weighted by Gasteiger charge is -2.34. The van der Waals surface area contributed by atoms with Gasteiger partial charge < -0.3 is 19.1 Å². The number of hydrogen-bond acceptors (Lipinski definition) is 7. The molecular weight excluding hydrogens is 458 g/mol. The molecule has 0 radical (unpaired) electrons.